The van der Waals surface area contributed by atoms with E-state index in [9.17, 15) is 4.79 Å². The normalized spacial score (nSPS) is 22.1. The molecule has 0 bridgehead atoms. The first-order valence-electron chi connectivity index (χ1n) is 4.83. The molecule has 3 N–H and O–H groups in total. The van der Waals surface area contributed by atoms with Gasteiger partial charge < -0.3 is 11.1 Å². The average molecular weight is 194 g/mol. The fourth-order valence-electron chi connectivity index (χ4n) is 1.73. The summed E-state index contributed by atoms with van der Waals surface area (Å²) in [6.45, 7) is 1.73. The fraction of sp³-hybridized carbons (Fsp3) is 0.556. The molecule has 1 aliphatic heterocycles. The number of anilines is 1. The van der Waals surface area contributed by atoms with E-state index < -0.39 is 0 Å². The van der Waals surface area contributed by atoms with Crippen molar-refractivity contribution in [1.29, 1.82) is 0 Å². The smallest absolute Gasteiger partial charge is 0.253 e. The van der Waals surface area contributed by atoms with Crippen molar-refractivity contribution in [2.45, 2.75) is 12.8 Å². The van der Waals surface area contributed by atoms with Crippen molar-refractivity contribution < 1.29 is 4.79 Å². The van der Waals surface area contributed by atoms with E-state index in [1.165, 1.54) is 4.68 Å². The highest BCUT2D eigenvalue weighted by Gasteiger charge is 2.23. The van der Waals surface area contributed by atoms with Crippen LogP contribution < -0.4 is 11.1 Å². The number of nitrogen functional groups attached to an aromatic ring is 1. The minimum Gasteiger partial charge on any atom is -0.383 e. The molecule has 5 nitrogen and oxygen atoms in total. The third-order valence-corrected chi connectivity index (χ3v) is 2.53. The van der Waals surface area contributed by atoms with Crippen molar-refractivity contribution in [3.05, 3.63) is 12.3 Å². The number of carbonyl (C=O) groups is 1. The summed E-state index contributed by atoms with van der Waals surface area (Å²) in [5.74, 6) is 0.436. The van der Waals surface area contributed by atoms with Crippen molar-refractivity contribution >= 4 is 11.7 Å². The van der Waals surface area contributed by atoms with Gasteiger partial charge in [-0.1, -0.05) is 0 Å². The van der Waals surface area contributed by atoms with Crippen molar-refractivity contribution in [1.82, 2.24) is 15.1 Å². The van der Waals surface area contributed by atoms with E-state index in [0.29, 0.717) is 5.82 Å². The Morgan fingerprint density at radius 2 is 2.57 bits per heavy atom. The lowest BCUT2D eigenvalue weighted by Gasteiger charge is -2.21. The molecule has 0 saturated carbocycles. The third kappa shape index (κ3) is 1.63. The summed E-state index contributed by atoms with van der Waals surface area (Å²) in [6.07, 6.45) is 3.51. The summed E-state index contributed by atoms with van der Waals surface area (Å²) in [7, 11) is 0. The lowest BCUT2D eigenvalue weighted by Crippen LogP contribution is -2.37. The number of piperidine rings is 1. The highest BCUT2D eigenvalue weighted by molar-refractivity contribution is 5.83. The molecule has 14 heavy (non-hydrogen) atoms. The minimum absolute atomic E-state index is 0.000278. The van der Waals surface area contributed by atoms with Gasteiger partial charge in [-0.3, -0.25) is 4.79 Å². The Morgan fingerprint density at radius 1 is 1.71 bits per heavy atom. The van der Waals surface area contributed by atoms with Gasteiger partial charge in [0.25, 0.3) is 5.91 Å². The van der Waals surface area contributed by atoms with E-state index in [1.807, 2.05) is 0 Å². The van der Waals surface area contributed by atoms with Crippen LogP contribution >= 0.6 is 0 Å². The number of nitrogens with one attached hydrogen (secondary N) is 1. The molecule has 1 aliphatic rings. The van der Waals surface area contributed by atoms with Crippen LogP contribution in [0.25, 0.3) is 0 Å². The molecule has 5 heteroatoms. The van der Waals surface area contributed by atoms with Gasteiger partial charge >= 0.3 is 0 Å². The lowest BCUT2D eigenvalue weighted by molar-refractivity contribution is 0.0799. The molecule has 1 atom stereocenters. The molecule has 1 aromatic heterocycles. The van der Waals surface area contributed by atoms with E-state index in [-0.39, 0.29) is 11.8 Å². The highest BCUT2D eigenvalue weighted by Crippen LogP contribution is 2.14. The van der Waals surface area contributed by atoms with Gasteiger partial charge in [-0.05, 0) is 19.4 Å². The van der Waals surface area contributed by atoms with Crippen LogP contribution in [-0.4, -0.2) is 28.8 Å². The van der Waals surface area contributed by atoms with Crippen LogP contribution in [-0.2, 0) is 0 Å². The molecule has 0 spiro atoms. The van der Waals surface area contributed by atoms with Gasteiger partial charge in [0.15, 0.2) is 0 Å². The Bertz CT molecular complexity index is 327. The first-order valence-corrected chi connectivity index (χ1v) is 4.83. The number of hydrogen-bond acceptors (Lipinski definition) is 4. The van der Waals surface area contributed by atoms with E-state index in [1.54, 1.807) is 12.3 Å². The highest BCUT2D eigenvalue weighted by atomic mass is 16.2. The molecule has 0 amide bonds. The zero-order chi connectivity index (χ0) is 9.97. The van der Waals surface area contributed by atoms with E-state index in [0.717, 1.165) is 25.9 Å². The maximum atomic E-state index is 11.9. The second kappa shape index (κ2) is 3.79. The summed E-state index contributed by atoms with van der Waals surface area (Å²) in [4.78, 5) is 11.9. The molecule has 1 unspecified atom stereocenters. The Hall–Kier alpha value is -1.36. The van der Waals surface area contributed by atoms with Crippen LogP contribution in [0.4, 0.5) is 5.82 Å². The van der Waals surface area contributed by atoms with Gasteiger partial charge in [-0.2, -0.15) is 9.78 Å². The quantitative estimate of drug-likeness (QED) is 0.665. The molecule has 1 saturated heterocycles. The van der Waals surface area contributed by atoms with E-state index in [4.69, 9.17) is 5.73 Å². The molecular weight excluding hydrogens is 180 g/mol. The molecule has 1 fully saturated rings. The molecular formula is C9H14N4O. The first kappa shape index (κ1) is 9.21. The molecule has 0 aliphatic carbocycles. The summed E-state index contributed by atoms with van der Waals surface area (Å²) in [5, 5.41) is 7.10. The second-order valence-corrected chi connectivity index (χ2v) is 3.55. The van der Waals surface area contributed by atoms with E-state index in [2.05, 4.69) is 10.4 Å². The van der Waals surface area contributed by atoms with Gasteiger partial charge in [0.2, 0.25) is 0 Å². The van der Waals surface area contributed by atoms with Crippen LogP contribution in [0.3, 0.4) is 0 Å². The number of aromatic nitrogens is 2. The SMILES string of the molecule is Nc1ccnn1C(=O)C1CCCNC1. The number of nitrogens with two attached hydrogens (primary N) is 1. The zero-order valence-corrected chi connectivity index (χ0v) is 7.94. The van der Waals surface area contributed by atoms with Crippen LogP contribution in [0.2, 0.25) is 0 Å². The summed E-state index contributed by atoms with van der Waals surface area (Å²) in [5.41, 5.74) is 5.61. The Morgan fingerprint density at radius 3 is 3.14 bits per heavy atom. The third-order valence-electron chi connectivity index (χ3n) is 2.53. The van der Waals surface area contributed by atoms with Crippen molar-refractivity contribution in [3.8, 4) is 0 Å². The summed E-state index contributed by atoms with van der Waals surface area (Å²) >= 11 is 0. The Kier molecular flexibility index (Phi) is 2.49. The first-order chi connectivity index (χ1) is 6.79. The topological polar surface area (TPSA) is 72.9 Å². The minimum atomic E-state index is -0.000278. The molecule has 1 aromatic rings. The average Bonchev–Trinajstić information content (AvgIpc) is 2.65. The molecule has 0 radical (unpaired) electrons. The van der Waals surface area contributed by atoms with Gasteiger partial charge in [-0.25, -0.2) is 0 Å². The summed E-state index contributed by atoms with van der Waals surface area (Å²) in [6, 6.07) is 1.63. The molecule has 0 aromatic carbocycles. The number of nitrogens with zero attached hydrogens (tertiary/aromatic N) is 2. The van der Waals surface area contributed by atoms with Gasteiger partial charge in [0.1, 0.15) is 5.82 Å². The van der Waals surface area contributed by atoms with E-state index >= 15 is 0 Å². The zero-order valence-electron chi connectivity index (χ0n) is 7.94. The van der Waals surface area contributed by atoms with Crippen molar-refractivity contribution in [3.63, 3.8) is 0 Å². The van der Waals surface area contributed by atoms with Crippen LogP contribution in [0.15, 0.2) is 12.3 Å². The number of carbonyl (C=O) groups excluding carboxylic acids is 1. The van der Waals surface area contributed by atoms with Gasteiger partial charge in [0.05, 0.1) is 12.1 Å². The van der Waals surface area contributed by atoms with Crippen molar-refractivity contribution in [2.24, 2.45) is 5.92 Å². The number of rotatable bonds is 1. The van der Waals surface area contributed by atoms with Crippen LogP contribution in [0.1, 0.15) is 17.6 Å². The molecule has 2 rings (SSSR count). The van der Waals surface area contributed by atoms with Crippen molar-refractivity contribution in [2.75, 3.05) is 18.8 Å². The molecule has 2 heterocycles. The predicted octanol–water partition coefficient (Wildman–Crippen LogP) is 0.105. The fourth-order valence-corrected chi connectivity index (χ4v) is 1.73. The second-order valence-electron chi connectivity index (χ2n) is 3.55. The van der Waals surface area contributed by atoms with Crippen LogP contribution in [0, 0.1) is 5.92 Å². The lowest BCUT2D eigenvalue weighted by atomic mass is 9.99. The largest absolute Gasteiger partial charge is 0.383 e. The standard InChI is InChI=1S/C9H14N4O/c10-8-3-5-12-13(8)9(14)7-2-1-4-11-6-7/h3,5,7,11H,1-2,4,6,10H2. The van der Waals surface area contributed by atoms with Gasteiger partial charge in [-0.15, -0.1) is 0 Å². The van der Waals surface area contributed by atoms with Gasteiger partial charge in [0, 0.05) is 12.6 Å². The molecule has 76 valence electrons. The maximum Gasteiger partial charge on any atom is 0.253 e. The Labute approximate surface area is 82.3 Å². The Balaban J connectivity index is 2.11. The predicted molar refractivity (Wildman–Crippen MR) is 52.9 cm³/mol. The number of hydrogen-bond donors (Lipinski definition) is 2. The maximum absolute atomic E-state index is 11.9. The summed E-state index contributed by atoms with van der Waals surface area (Å²) < 4.78 is 1.29. The monoisotopic (exact) mass is 194 g/mol. The van der Waals surface area contributed by atoms with Crippen LogP contribution in [0.5, 0.6) is 0 Å².